The summed E-state index contributed by atoms with van der Waals surface area (Å²) in [5.41, 5.74) is 3.97. The van der Waals surface area contributed by atoms with Gasteiger partial charge in [-0.15, -0.1) is 10.2 Å². The van der Waals surface area contributed by atoms with Gasteiger partial charge in [0.15, 0.2) is 0 Å². The molecule has 1 atom stereocenters. The van der Waals surface area contributed by atoms with Crippen LogP contribution in [-0.2, 0) is 0 Å². The van der Waals surface area contributed by atoms with Gasteiger partial charge in [0.2, 0.25) is 5.95 Å². The maximum absolute atomic E-state index is 13.2. The fraction of sp³-hybridized carbons (Fsp3) is 0.478. The molecule has 5 rings (SSSR count). The maximum Gasteiger partial charge on any atom is 0.387 e. The van der Waals surface area contributed by atoms with Gasteiger partial charge in [-0.05, 0) is 81.4 Å². The number of rotatable bonds is 6. The van der Waals surface area contributed by atoms with E-state index < -0.39 is 6.61 Å². The Kier molecular flexibility index (Phi) is 5.25. The van der Waals surface area contributed by atoms with Crippen LogP contribution >= 0.6 is 0 Å². The van der Waals surface area contributed by atoms with E-state index in [4.69, 9.17) is 4.74 Å². The van der Waals surface area contributed by atoms with Crippen LogP contribution in [0.3, 0.4) is 0 Å². The molecule has 1 aliphatic heterocycles. The van der Waals surface area contributed by atoms with Gasteiger partial charge < -0.3 is 15.0 Å². The lowest BCUT2D eigenvalue weighted by Gasteiger charge is -2.30. The molecule has 6 nitrogen and oxygen atoms in total. The van der Waals surface area contributed by atoms with E-state index in [1.54, 1.807) is 6.07 Å². The lowest BCUT2D eigenvalue weighted by molar-refractivity contribution is -0.0495. The van der Waals surface area contributed by atoms with Gasteiger partial charge in [0.25, 0.3) is 0 Å². The van der Waals surface area contributed by atoms with Gasteiger partial charge in [-0.2, -0.15) is 8.78 Å². The van der Waals surface area contributed by atoms with E-state index >= 15 is 0 Å². The Hall–Kier alpha value is -2.74. The quantitative estimate of drug-likeness (QED) is 0.619. The first-order valence-electron chi connectivity index (χ1n) is 10.9. The highest BCUT2D eigenvalue weighted by atomic mass is 19.3. The molecule has 0 bridgehead atoms. The Labute approximate surface area is 180 Å². The van der Waals surface area contributed by atoms with Gasteiger partial charge in [0.05, 0.1) is 5.52 Å². The van der Waals surface area contributed by atoms with E-state index in [0.29, 0.717) is 29.2 Å². The lowest BCUT2D eigenvalue weighted by Crippen LogP contribution is -2.40. The van der Waals surface area contributed by atoms with Gasteiger partial charge in [0.1, 0.15) is 11.4 Å². The molecule has 2 aliphatic rings. The Morgan fingerprint density at radius 3 is 2.74 bits per heavy atom. The zero-order valence-electron chi connectivity index (χ0n) is 17.8. The minimum atomic E-state index is -2.89. The summed E-state index contributed by atoms with van der Waals surface area (Å²) in [6, 6.07) is 7.85. The zero-order valence-corrected chi connectivity index (χ0v) is 17.8. The van der Waals surface area contributed by atoms with Crippen molar-refractivity contribution in [1.29, 1.82) is 0 Å². The summed E-state index contributed by atoms with van der Waals surface area (Å²) < 4.78 is 33.2. The smallest absolute Gasteiger partial charge is 0.387 e. The summed E-state index contributed by atoms with van der Waals surface area (Å²) in [5.74, 6) is 1.26. The summed E-state index contributed by atoms with van der Waals surface area (Å²) in [7, 11) is 2.12. The number of likely N-dealkylation sites (N-methyl/N-ethyl adjacent to an activating group) is 1. The van der Waals surface area contributed by atoms with Crippen LogP contribution < -0.4 is 10.1 Å². The van der Waals surface area contributed by atoms with Gasteiger partial charge in [-0.25, -0.2) is 0 Å². The fourth-order valence-electron chi connectivity index (χ4n) is 4.51. The number of ether oxygens (including phenoxy) is 1. The van der Waals surface area contributed by atoms with Crippen LogP contribution in [0, 0.1) is 6.92 Å². The predicted molar refractivity (Wildman–Crippen MR) is 116 cm³/mol. The fourth-order valence-corrected chi connectivity index (χ4v) is 4.51. The second-order valence-corrected chi connectivity index (χ2v) is 8.80. The number of piperidine rings is 1. The highest BCUT2D eigenvalue weighted by molar-refractivity contribution is 5.82. The van der Waals surface area contributed by atoms with Crippen LogP contribution in [0.15, 0.2) is 30.5 Å². The summed E-state index contributed by atoms with van der Waals surface area (Å²) in [5, 5.41) is 12.4. The first-order chi connectivity index (χ1) is 15.0. The highest BCUT2D eigenvalue weighted by Gasteiger charge is 2.26. The Balaban J connectivity index is 1.55. The van der Waals surface area contributed by atoms with Crippen molar-refractivity contribution in [2.45, 2.75) is 51.2 Å². The highest BCUT2D eigenvalue weighted by Crippen LogP contribution is 2.43. The maximum atomic E-state index is 13.2. The van der Waals surface area contributed by atoms with Crippen LogP contribution in [0.25, 0.3) is 16.8 Å². The molecule has 3 aromatic rings. The molecule has 8 heteroatoms. The van der Waals surface area contributed by atoms with E-state index in [9.17, 15) is 8.78 Å². The molecule has 31 heavy (non-hydrogen) atoms. The molecule has 1 aliphatic carbocycles. The zero-order chi connectivity index (χ0) is 21.5. The monoisotopic (exact) mass is 427 g/mol. The number of benzene rings is 1. The summed E-state index contributed by atoms with van der Waals surface area (Å²) in [6.45, 7) is 1.15. The molecule has 2 fully saturated rings. The molecular weight excluding hydrogens is 400 g/mol. The van der Waals surface area contributed by atoms with E-state index in [1.807, 2.05) is 35.7 Å². The van der Waals surface area contributed by atoms with Crippen LogP contribution in [-0.4, -0.2) is 52.3 Å². The van der Waals surface area contributed by atoms with Crippen molar-refractivity contribution in [1.82, 2.24) is 19.5 Å². The van der Waals surface area contributed by atoms with Crippen molar-refractivity contribution in [2.75, 3.05) is 25.5 Å². The van der Waals surface area contributed by atoms with E-state index in [1.165, 1.54) is 0 Å². The molecule has 1 saturated heterocycles. The predicted octanol–water partition coefficient (Wildman–Crippen LogP) is 4.69. The molecule has 0 amide bonds. The van der Waals surface area contributed by atoms with E-state index in [0.717, 1.165) is 55.4 Å². The van der Waals surface area contributed by atoms with E-state index in [-0.39, 0.29) is 5.75 Å². The number of hydrogen-bond donors (Lipinski definition) is 1. The molecule has 1 saturated carbocycles. The number of aryl methyl sites for hydroxylation is 1. The molecule has 1 aromatic carbocycles. The third-order valence-corrected chi connectivity index (χ3v) is 6.16. The van der Waals surface area contributed by atoms with Crippen molar-refractivity contribution in [2.24, 2.45) is 0 Å². The number of halogens is 2. The number of fused-ring (bicyclic) bond motifs is 1. The number of nitrogens with zero attached hydrogens (tertiary/aromatic N) is 4. The summed E-state index contributed by atoms with van der Waals surface area (Å²) in [4.78, 5) is 2.30. The molecule has 0 spiro atoms. The topological polar surface area (TPSA) is 54.7 Å². The molecule has 3 heterocycles. The molecule has 0 unspecified atom stereocenters. The SMILES string of the molecule is Cc1cc2c(-c3ccc(C4CC4)cc3OC(F)F)nnc(N[C@@H]3CCCN(C)C3)n2c1. The molecule has 164 valence electrons. The van der Waals surface area contributed by atoms with Crippen LogP contribution in [0.4, 0.5) is 14.7 Å². The minimum absolute atomic E-state index is 0.157. The molecule has 2 aromatic heterocycles. The normalized spacial score (nSPS) is 19.8. The largest absolute Gasteiger partial charge is 0.434 e. The van der Waals surface area contributed by atoms with Crippen LogP contribution in [0.5, 0.6) is 5.75 Å². The molecular formula is C23H27F2N5O. The van der Waals surface area contributed by atoms with Gasteiger partial charge in [-0.1, -0.05) is 6.07 Å². The number of alkyl halides is 2. The van der Waals surface area contributed by atoms with Crippen molar-refractivity contribution < 1.29 is 13.5 Å². The van der Waals surface area contributed by atoms with E-state index in [2.05, 4.69) is 27.5 Å². The third-order valence-electron chi connectivity index (χ3n) is 6.16. The number of hydrogen-bond acceptors (Lipinski definition) is 5. The Bertz CT molecular complexity index is 1100. The first kappa shape index (κ1) is 20.2. The Morgan fingerprint density at radius 1 is 1.16 bits per heavy atom. The Morgan fingerprint density at radius 2 is 2.00 bits per heavy atom. The lowest BCUT2D eigenvalue weighted by atomic mass is 10.0. The second kappa shape index (κ2) is 8.07. The van der Waals surface area contributed by atoms with Crippen molar-refractivity contribution in [3.8, 4) is 17.0 Å². The number of nitrogens with one attached hydrogen (secondary N) is 1. The van der Waals surface area contributed by atoms with Crippen molar-refractivity contribution >= 4 is 11.5 Å². The van der Waals surface area contributed by atoms with Gasteiger partial charge in [-0.3, -0.25) is 4.40 Å². The average Bonchev–Trinajstić information content (AvgIpc) is 3.49. The van der Waals surface area contributed by atoms with Crippen LogP contribution in [0.1, 0.15) is 42.7 Å². The van der Waals surface area contributed by atoms with Crippen molar-refractivity contribution in [3.05, 3.63) is 41.6 Å². The average molecular weight is 427 g/mol. The molecule has 1 N–H and O–H groups in total. The third kappa shape index (κ3) is 4.21. The summed E-state index contributed by atoms with van der Waals surface area (Å²) >= 11 is 0. The van der Waals surface area contributed by atoms with Crippen LogP contribution in [0.2, 0.25) is 0 Å². The van der Waals surface area contributed by atoms with Crippen molar-refractivity contribution in [3.63, 3.8) is 0 Å². The first-order valence-corrected chi connectivity index (χ1v) is 10.9. The minimum Gasteiger partial charge on any atom is -0.434 e. The second-order valence-electron chi connectivity index (χ2n) is 8.80. The molecule has 0 radical (unpaired) electrons. The van der Waals surface area contributed by atoms with Gasteiger partial charge >= 0.3 is 6.61 Å². The summed E-state index contributed by atoms with van der Waals surface area (Å²) in [6.07, 6.45) is 6.38. The number of anilines is 1. The van der Waals surface area contributed by atoms with Gasteiger partial charge in [0, 0.05) is 24.3 Å². The number of aromatic nitrogens is 3. The number of likely N-dealkylation sites (tertiary alicyclic amines) is 1. The standard InChI is InChI=1S/C23H27F2N5O/c1-14-10-19-21(18-8-7-16(15-5-6-15)11-20(18)31-22(24)25)27-28-23(30(19)12-14)26-17-4-3-9-29(2)13-17/h7-8,10-12,15,17,22H,3-6,9,13H2,1-2H3,(H,26,28)/t17-/m1/s1.